The molecule has 2 aliphatic heterocycles. The molecule has 0 amide bonds. The molecule has 0 unspecified atom stereocenters. The van der Waals surface area contributed by atoms with Gasteiger partial charge in [0, 0.05) is 0 Å². The fraction of sp³-hybridized carbons (Fsp3) is 0.333. The number of halogens is 1. The van der Waals surface area contributed by atoms with Gasteiger partial charge in [0.1, 0.15) is 11.9 Å². The lowest BCUT2D eigenvalue weighted by Gasteiger charge is -2.34. The number of benzene rings is 2. The topological polar surface area (TPSA) is 21.3 Å². The molecule has 2 aliphatic rings. The predicted molar refractivity (Wildman–Crippen MR) is 79.6 cm³/mol. The van der Waals surface area contributed by atoms with Crippen LogP contribution in [0.25, 0.3) is 0 Å². The van der Waals surface area contributed by atoms with E-state index >= 15 is 0 Å². The van der Waals surface area contributed by atoms with Gasteiger partial charge in [-0.15, -0.1) is 0 Å². The Labute approximate surface area is 123 Å². The molecule has 0 bridgehead atoms. The molecule has 0 aliphatic carbocycles. The van der Waals surface area contributed by atoms with Gasteiger partial charge in [0.15, 0.2) is 0 Å². The number of nitrogens with one attached hydrogen (secondary N) is 1. The maximum atomic E-state index is 13.8. The molecule has 1 spiro atoms. The molecule has 2 nitrogen and oxygen atoms in total. The fourth-order valence-electron chi connectivity index (χ4n) is 3.60. The van der Waals surface area contributed by atoms with Gasteiger partial charge in [-0.1, -0.05) is 36.4 Å². The smallest absolute Gasteiger partial charge is 0.123 e. The Balaban J connectivity index is 1.83. The van der Waals surface area contributed by atoms with Crippen LogP contribution >= 0.6 is 0 Å². The number of fused-ring (bicyclic) bond motifs is 2. The van der Waals surface area contributed by atoms with Gasteiger partial charge in [0.05, 0.1) is 5.60 Å². The van der Waals surface area contributed by atoms with Crippen LogP contribution in [0.4, 0.5) is 4.39 Å². The van der Waals surface area contributed by atoms with Crippen molar-refractivity contribution >= 4 is 0 Å². The van der Waals surface area contributed by atoms with E-state index in [1.54, 1.807) is 6.07 Å². The number of piperidine rings is 1. The molecule has 0 saturated carbocycles. The molecule has 21 heavy (non-hydrogen) atoms. The summed E-state index contributed by atoms with van der Waals surface area (Å²) in [5.74, 6) is -0.177. The van der Waals surface area contributed by atoms with Gasteiger partial charge in [-0.25, -0.2) is 4.39 Å². The van der Waals surface area contributed by atoms with Crippen LogP contribution in [-0.4, -0.2) is 13.1 Å². The fourth-order valence-corrected chi connectivity index (χ4v) is 3.60. The summed E-state index contributed by atoms with van der Waals surface area (Å²) >= 11 is 0. The highest BCUT2D eigenvalue weighted by atomic mass is 19.1. The molecule has 0 radical (unpaired) electrons. The first-order chi connectivity index (χ1) is 10.3. The van der Waals surface area contributed by atoms with Gasteiger partial charge < -0.3 is 10.1 Å². The molecule has 1 atom stereocenters. The van der Waals surface area contributed by atoms with Crippen molar-refractivity contribution in [2.24, 2.45) is 0 Å². The van der Waals surface area contributed by atoms with Crippen LogP contribution in [0.2, 0.25) is 0 Å². The van der Waals surface area contributed by atoms with Crippen LogP contribution in [0.15, 0.2) is 48.5 Å². The summed E-state index contributed by atoms with van der Waals surface area (Å²) in [5.41, 5.74) is 2.96. The van der Waals surface area contributed by atoms with Gasteiger partial charge in [0.25, 0.3) is 0 Å². The molecular weight excluding hydrogens is 265 g/mol. The maximum Gasteiger partial charge on any atom is 0.123 e. The Bertz CT molecular complexity index is 650. The van der Waals surface area contributed by atoms with Crippen molar-refractivity contribution in [1.29, 1.82) is 0 Å². The molecule has 0 aromatic heterocycles. The van der Waals surface area contributed by atoms with E-state index < -0.39 is 0 Å². The first kappa shape index (κ1) is 13.0. The molecule has 2 heterocycles. The average molecular weight is 283 g/mol. The Hall–Kier alpha value is -1.71. The van der Waals surface area contributed by atoms with Crippen LogP contribution in [0, 0.1) is 5.82 Å². The maximum absolute atomic E-state index is 13.8. The van der Waals surface area contributed by atoms with E-state index in [-0.39, 0.29) is 17.5 Å². The third kappa shape index (κ3) is 2.08. The molecule has 2 aromatic carbocycles. The third-order valence-electron chi connectivity index (χ3n) is 4.65. The van der Waals surface area contributed by atoms with Crippen molar-refractivity contribution < 1.29 is 9.13 Å². The number of hydrogen-bond acceptors (Lipinski definition) is 2. The molecule has 1 saturated heterocycles. The first-order valence-electron chi connectivity index (χ1n) is 7.52. The molecule has 1 fully saturated rings. The lowest BCUT2D eigenvalue weighted by atomic mass is 9.83. The zero-order valence-corrected chi connectivity index (χ0v) is 11.8. The van der Waals surface area contributed by atoms with E-state index in [2.05, 4.69) is 17.4 Å². The van der Waals surface area contributed by atoms with Crippen molar-refractivity contribution in [2.75, 3.05) is 13.1 Å². The van der Waals surface area contributed by atoms with E-state index in [1.165, 1.54) is 6.07 Å². The zero-order chi connectivity index (χ0) is 14.3. The van der Waals surface area contributed by atoms with Crippen LogP contribution in [0.5, 0.6) is 0 Å². The van der Waals surface area contributed by atoms with Gasteiger partial charge in [-0.3, -0.25) is 0 Å². The molecule has 1 N–H and O–H groups in total. The summed E-state index contributed by atoms with van der Waals surface area (Å²) in [6.07, 6.45) is 1.71. The number of ether oxygens (including phenoxy) is 1. The molecule has 4 rings (SSSR count). The van der Waals surface area contributed by atoms with Gasteiger partial charge in [-0.05, 0) is 54.8 Å². The van der Waals surface area contributed by atoms with Crippen LogP contribution in [-0.2, 0) is 10.3 Å². The second-order valence-electron chi connectivity index (χ2n) is 5.88. The summed E-state index contributed by atoms with van der Waals surface area (Å²) < 4.78 is 20.3. The minimum atomic E-state index is -0.330. The summed E-state index contributed by atoms with van der Waals surface area (Å²) in [6.45, 7) is 1.83. The zero-order valence-electron chi connectivity index (χ0n) is 11.8. The summed E-state index contributed by atoms with van der Waals surface area (Å²) in [4.78, 5) is 0. The normalized spacial score (nSPS) is 23.2. The second kappa shape index (κ2) is 4.93. The molecule has 108 valence electrons. The lowest BCUT2D eigenvalue weighted by Crippen LogP contribution is -2.39. The van der Waals surface area contributed by atoms with Gasteiger partial charge in [-0.2, -0.15) is 0 Å². The van der Waals surface area contributed by atoms with E-state index in [9.17, 15) is 4.39 Å². The van der Waals surface area contributed by atoms with Crippen LogP contribution in [0.3, 0.4) is 0 Å². The van der Waals surface area contributed by atoms with E-state index in [0.29, 0.717) is 0 Å². The molecular formula is C18H18FNO. The van der Waals surface area contributed by atoms with Crippen LogP contribution < -0.4 is 5.32 Å². The Morgan fingerprint density at radius 2 is 1.81 bits per heavy atom. The van der Waals surface area contributed by atoms with Crippen molar-refractivity contribution in [1.82, 2.24) is 5.32 Å². The predicted octanol–water partition coefficient (Wildman–Crippen LogP) is 3.52. The largest absolute Gasteiger partial charge is 0.358 e. The highest BCUT2D eigenvalue weighted by Gasteiger charge is 2.46. The number of hydrogen-bond donors (Lipinski definition) is 1. The van der Waals surface area contributed by atoms with Crippen molar-refractivity contribution in [3.05, 3.63) is 71.0 Å². The highest BCUT2D eigenvalue weighted by Crippen LogP contribution is 2.50. The minimum absolute atomic E-state index is 0.0834. The van der Waals surface area contributed by atoms with Crippen molar-refractivity contribution in [2.45, 2.75) is 24.5 Å². The monoisotopic (exact) mass is 283 g/mol. The van der Waals surface area contributed by atoms with Crippen molar-refractivity contribution in [3.8, 4) is 0 Å². The standard InChI is InChI=1S/C18H18FNO/c19-14-6-7-15-16(12-14)18(8-10-20-11-9-18)21-17(15)13-4-2-1-3-5-13/h1-7,12,17,20H,8-11H2/t17-/m1/s1. The van der Waals surface area contributed by atoms with Crippen molar-refractivity contribution in [3.63, 3.8) is 0 Å². The SMILES string of the molecule is Fc1ccc2c(c1)C1(CCNCC1)O[C@@H]2c1ccccc1. The first-order valence-corrected chi connectivity index (χ1v) is 7.52. The van der Waals surface area contributed by atoms with E-state index in [0.717, 1.165) is 42.6 Å². The Kier molecular flexibility index (Phi) is 3.05. The summed E-state index contributed by atoms with van der Waals surface area (Å²) in [5, 5.41) is 3.36. The highest BCUT2D eigenvalue weighted by molar-refractivity contribution is 5.44. The van der Waals surface area contributed by atoms with E-state index in [1.807, 2.05) is 24.3 Å². The Morgan fingerprint density at radius 3 is 2.57 bits per heavy atom. The van der Waals surface area contributed by atoms with E-state index in [4.69, 9.17) is 4.74 Å². The summed E-state index contributed by atoms with van der Waals surface area (Å²) in [6, 6.07) is 15.3. The molecule has 3 heteroatoms. The van der Waals surface area contributed by atoms with Gasteiger partial charge in [0.2, 0.25) is 0 Å². The lowest BCUT2D eigenvalue weighted by molar-refractivity contribution is -0.0799. The second-order valence-corrected chi connectivity index (χ2v) is 5.88. The van der Waals surface area contributed by atoms with Gasteiger partial charge >= 0.3 is 0 Å². The minimum Gasteiger partial charge on any atom is -0.358 e. The quantitative estimate of drug-likeness (QED) is 0.864. The Morgan fingerprint density at radius 1 is 1.05 bits per heavy atom. The molecule has 2 aromatic rings. The summed E-state index contributed by atoms with van der Waals surface area (Å²) in [7, 11) is 0. The third-order valence-corrected chi connectivity index (χ3v) is 4.65. The average Bonchev–Trinajstić information content (AvgIpc) is 2.83. The van der Waals surface area contributed by atoms with Crippen LogP contribution in [0.1, 0.15) is 35.6 Å². The number of rotatable bonds is 1.